The van der Waals surface area contributed by atoms with Gasteiger partial charge in [-0.05, 0) is 56.7 Å². The van der Waals surface area contributed by atoms with Crippen LogP contribution in [0.25, 0.3) is 0 Å². The van der Waals surface area contributed by atoms with Gasteiger partial charge in [-0.1, -0.05) is 25.1 Å². The summed E-state index contributed by atoms with van der Waals surface area (Å²) in [5.74, 6) is -0.0969. The quantitative estimate of drug-likeness (QED) is 0.822. The summed E-state index contributed by atoms with van der Waals surface area (Å²) >= 11 is 0. The molecule has 0 radical (unpaired) electrons. The van der Waals surface area contributed by atoms with E-state index in [1.54, 1.807) is 12.1 Å². The Kier molecular flexibility index (Phi) is 6.48. The summed E-state index contributed by atoms with van der Waals surface area (Å²) in [5.41, 5.74) is 0.803. The van der Waals surface area contributed by atoms with Crippen molar-refractivity contribution in [3.05, 3.63) is 35.6 Å². The van der Waals surface area contributed by atoms with Crippen LogP contribution in [0.2, 0.25) is 0 Å². The van der Waals surface area contributed by atoms with E-state index in [1.165, 1.54) is 12.8 Å². The zero-order chi connectivity index (χ0) is 14.2. The largest absolute Gasteiger partial charge is 0.378 e. The van der Waals surface area contributed by atoms with Gasteiger partial charge >= 0.3 is 0 Å². The molecule has 0 aliphatic carbocycles. The lowest BCUT2D eigenvalue weighted by atomic mass is 9.96. The van der Waals surface area contributed by atoms with Gasteiger partial charge in [0.15, 0.2) is 0 Å². The molecule has 20 heavy (non-hydrogen) atoms. The molecule has 0 bridgehead atoms. The van der Waals surface area contributed by atoms with E-state index >= 15 is 0 Å². The van der Waals surface area contributed by atoms with Gasteiger partial charge in [0, 0.05) is 12.6 Å². The highest BCUT2D eigenvalue weighted by Crippen LogP contribution is 2.19. The van der Waals surface area contributed by atoms with Gasteiger partial charge in [0.25, 0.3) is 0 Å². The summed E-state index contributed by atoms with van der Waals surface area (Å²) in [7, 11) is 0. The first-order valence-electron chi connectivity index (χ1n) is 7.88. The van der Waals surface area contributed by atoms with Crippen LogP contribution < -0.4 is 5.32 Å². The van der Waals surface area contributed by atoms with Crippen LogP contribution in [0.15, 0.2) is 24.3 Å². The van der Waals surface area contributed by atoms with Crippen molar-refractivity contribution in [3.8, 4) is 0 Å². The summed E-state index contributed by atoms with van der Waals surface area (Å²) in [6.45, 7) is 4.01. The van der Waals surface area contributed by atoms with Gasteiger partial charge in [-0.15, -0.1) is 0 Å². The summed E-state index contributed by atoms with van der Waals surface area (Å²) in [6.07, 6.45) is 6.73. The SMILES string of the molecule is CCCNC(Cc1ccccc1F)CC1CCCCO1. The zero-order valence-electron chi connectivity index (χ0n) is 12.4. The summed E-state index contributed by atoms with van der Waals surface area (Å²) in [6, 6.07) is 7.39. The number of halogens is 1. The topological polar surface area (TPSA) is 21.3 Å². The van der Waals surface area contributed by atoms with E-state index in [2.05, 4.69) is 12.2 Å². The van der Waals surface area contributed by atoms with E-state index in [4.69, 9.17) is 4.74 Å². The standard InChI is InChI=1S/C17H26FNO/c1-2-10-19-15(13-16-8-5-6-11-20-16)12-14-7-3-4-9-17(14)18/h3-4,7,9,15-16,19H,2,5-6,8,10-13H2,1H3. The van der Waals surface area contributed by atoms with Crippen LogP contribution in [0.5, 0.6) is 0 Å². The molecule has 0 aromatic heterocycles. The average molecular weight is 279 g/mol. The lowest BCUT2D eigenvalue weighted by Gasteiger charge is -2.28. The van der Waals surface area contributed by atoms with E-state index in [0.29, 0.717) is 12.1 Å². The lowest BCUT2D eigenvalue weighted by molar-refractivity contribution is 0.00522. The van der Waals surface area contributed by atoms with Crippen molar-refractivity contribution >= 4 is 0 Å². The molecule has 1 heterocycles. The van der Waals surface area contributed by atoms with Crippen LogP contribution in [0.3, 0.4) is 0 Å². The van der Waals surface area contributed by atoms with Gasteiger partial charge in [0.05, 0.1) is 6.10 Å². The van der Waals surface area contributed by atoms with Crippen molar-refractivity contribution in [2.75, 3.05) is 13.2 Å². The number of benzene rings is 1. The molecule has 1 aromatic rings. The number of ether oxygens (including phenoxy) is 1. The molecule has 1 aliphatic heterocycles. The third kappa shape index (κ3) is 4.88. The average Bonchev–Trinajstić information content (AvgIpc) is 2.48. The van der Waals surface area contributed by atoms with Crippen molar-refractivity contribution in [2.45, 2.75) is 57.6 Å². The monoisotopic (exact) mass is 279 g/mol. The smallest absolute Gasteiger partial charge is 0.126 e. The van der Waals surface area contributed by atoms with Gasteiger partial charge < -0.3 is 10.1 Å². The highest BCUT2D eigenvalue weighted by molar-refractivity contribution is 5.18. The number of rotatable bonds is 7. The summed E-state index contributed by atoms with van der Waals surface area (Å²) in [4.78, 5) is 0. The van der Waals surface area contributed by atoms with Crippen LogP contribution in [0.1, 0.15) is 44.6 Å². The van der Waals surface area contributed by atoms with Gasteiger partial charge in [0.1, 0.15) is 5.82 Å². The van der Waals surface area contributed by atoms with Gasteiger partial charge in [-0.25, -0.2) is 4.39 Å². The number of hydrogen-bond donors (Lipinski definition) is 1. The van der Waals surface area contributed by atoms with Crippen molar-refractivity contribution in [1.82, 2.24) is 5.32 Å². The van der Waals surface area contributed by atoms with Crippen molar-refractivity contribution < 1.29 is 9.13 Å². The first-order valence-corrected chi connectivity index (χ1v) is 7.88. The van der Waals surface area contributed by atoms with E-state index in [0.717, 1.165) is 44.4 Å². The first kappa shape index (κ1) is 15.5. The Morgan fingerprint density at radius 2 is 2.20 bits per heavy atom. The Hall–Kier alpha value is -0.930. The van der Waals surface area contributed by atoms with E-state index in [-0.39, 0.29) is 5.82 Å². The van der Waals surface area contributed by atoms with Crippen molar-refractivity contribution in [1.29, 1.82) is 0 Å². The van der Waals surface area contributed by atoms with Crippen molar-refractivity contribution in [3.63, 3.8) is 0 Å². The third-order valence-corrected chi connectivity index (χ3v) is 3.93. The second kappa shape index (κ2) is 8.38. The Balaban J connectivity index is 1.93. The molecule has 0 amide bonds. The predicted octanol–water partition coefficient (Wildman–Crippen LogP) is 3.70. The second-order valence-electron chi connectivity index (χ2n) is 5.67. The predicted molar refractivity (Wildman–Crippen MR) is 80.4 cm³/mol. The Labute approximate surface area is 121 Å². The molecule has 112 valence electrons. The van der Waals surface area contributed by atoms with E-state index in [1.807, 2.05) is 12.1 Å². The summed E-state index contributed by atoms with van der Waals surface area (Å²) in [5, 5.41) is 3.55. The molecule has 1 saturated heterocycles. The fourth-order valence-corrected chi connectivity index (χ4v) is 2.83. The Morgan fingerprint density at radius 1 is 1.35 bits per heavy atom. The van der Waals surface area contributed by atoms with Crippen LogP contribution in [0.4, 0.5) is 4.39 Å². The fourth-order valence-electron chi connectivity index (χ4n) is 2.83. The molecular weight excluding hydrogens is 253 g/mol. The van der Waals surface area contributed by atoms with Crippen LogP contribution in [-0.4, -0.2) is 25.3 Å². The second-order valence-corrected chi connectivity index (χ2v) is 5.67. The van der Waals surface area contributed by atoms with Gasteiger partial charge in [0.2, 0.25) is 0 Å². The minimum Gasteiger partial charge on any atom is -0.378 e. The molecule has 2 nitrogen and oxygen atoms in total. The van der Waals surface area contributed by atoms with E-state index < -0.39 is 0 Å². The van der Waals surface area contributed by atoms with Crippen LogP contribution >= 0.6 is 0 Å². The molecular formula is C17H26FNO. The molecule has 3 heteroatoms. The maximum absolute atomic E-state index is 13.8. The molecule has 2 unspecified atom stereocenters. The molecule has 1 fully saturated rings. The number of hydrogen-bond acceptors (Lipinski definition) is 2. The first-order chi connectivity index (χ1) is 9.79. The fraction of sp³-hybridized carbons (Fsp3) is 0.647. The minimum atomic E-state index is -0.0969. The Morgan fingerprint density at radius 3 is 2.90 bits per heavy atom. The van der Waals surface area contributed by atoms with E-state index in [9.17, 15) is 4.39 Å². The highest BCUT2D eigenvalue weighted by Gasteiger charge is 2.20. The van der Waals surface area contributed by atoms with Crippen molar-refractivity contribution in [2.24, 2.45) is 0 Å². The molecule has 1 aliphatic rings. The lowest BCUT2D eigenvalue weighted by Crippen LogP contribution is -2.37. The summed E-state index contributed by atoms with van der Waals surface area (Å²) < 4.78 is 19.6. The zero-order valence-corrected chi connectivity index (χ0v) is 12.4. The van der Waals surface area contributed by atoms with Crippen LogP contribution in [0, 0.1) is 5.82 Å². The maximum atomic E-state index is 13.8. The molecule has 1 aromatic carbocycles. The molecule has 1 N–H and O–H groups in total. The maximum Gasteiger partial charge on any atom is 0.126 e. The van der Waals surface area contributed by atoms with Gasteiger partial charge in [-0.3, -0.25) is 0 Å². The normalized spacial score (nSPS) is 20.8. The third-order valence-electron chi connectivity index (χ3n) is 3.93. The van der Waals surface area contributed by atoms with Gasteiger partial charge in [-0.2, -0.15) is 0 Å². The molecule has 0 saturated carbocycles. The molecule has 0 spiro atoms. The Bertz CT molecular complexity index is 390. The minimum absolute atomic E-state index is 0.0969. The highest BCUT2D eigenvalue weighted by atomic mass is 19.1. The molecule has 2 rings (SSSR count). The number of nitrogens with one attached hydrogen (secondary N) is 1. The molecule has 2 atom stereocenters. The van der Waals surface area contributed by atoms with Crippen LogP contribution in [-0.2, 0) is 11.2 Å².